The van der Waals surface area contributed by atoms with Gasteiger partial charge in [-0.15, -0.1) is 0 Å². The third-order valence-electron chi connectivity index (χ3n) is 6.41. The number of nitrogens with zero attached hydrogens (tertiary/aromatic N) is 1. The smallest absolute Gasteiger partial charge is 0.416 e. The summed E-state index contributed by atoms with van der Waals surface area (Å²) in [6, 6.07) is 13.5. The van der Waals surface area contributed by atoms with Crippen LogP contribution in [0.5, 0.6) is 5.75 Å². The summed E-state index contributed by atoms with van der Waals surface area (Å²) in [5, 5.41) is 7.18. The van der Waals surface area contributed by atoms with E-state index >= 15 is 0 Å². The molecular weight excluding hydrogens is 519 g/mol. The fourth-order valence-electron chi connectivity index (χ4n) is 4.63. The van der Waals surface area contributed by atoms with Crippen molar-refractivity contribution in [3.05, 3.63) is 64.6 Å². The Hall–Kier alpha value is -3.08. The van der Waals surface area contributed by atoms with Crippen LogP contribution in [0.4, 0.5) is 18.9 Å². The van der Waals surface area contributed by atoms with Gasteiger partial charge in [0.25, 0.3) is 5.91 Å². The Morgan fingerprint density at radius 2 is 1.92 bits per heavy atom. The molecule has 3 aromatic carbocycles. The lowest BCUT2D eigenvalue weighted by atomic mass is 9.96. The minimum atomic E-state index is -4.44. The maximum atomic E-state index is 13.8. The summed E-state index contributed by atoms with van der Waals surface area (Å²) in [4.78, 5) is 14.6. The molecule has 2 aliphatic rings. The van der Waals surface area contributed by atoms with Crippen LogP contribution in [-0.4, -0.2) is 43.5 Å². The van der Waals surface area contributed by atoms with Crippen molar-refractivity contribution in [2.24, 2.45) is 0 Å². The van der Waals surface area contributed by atoms with E-state index in [-0.39, 0.29) is 5.91 Å². The highest BCUT2D eigenvalue weighted by atomic mass is 32.2. The van der Waals surface area contributed by atoms with E-state index in [0.717, 1.165) is 35.0 Å². The SMILES string of the molecule is COc1ccc(C=C2SC(=S)NC2=O)cc1-c1ccc2cc(C(F)(F)F)cc(N3CCCNCC3)c2c1. The van der Waals surface area contributed by atoms with Crippen LogP contribution in [0.3, 0.4) is 0 Å². The van der Waals surface area contributed by atoms with Crippen LogP contribution < -0.4 is 20.3 Å². The summed E-state index contributed by atoms with van der Waals surface area (Å²) in [5.74, 6) is 0.378. The molecular formula is C27H24F3N3O2S2. The molecule has 0 aromatic heterocycles. The number of ether oxygens (including phenoxy) is 1. The number of halogens is 3. The molecule has 10 heteroatoms. The van der Waals surface area contributed by atoms with E-state index in [2.05, 4.69) is 10.6 Å². The number of hydrogen-bond acceptors (Lipinski definition) is 6. The first-order valence-electron chi connectivity index (χ1n) is 11.8. The van der Waals surface area contributed by atoms with E-state index in [4.69, 9.17) is 17.0 Å². The van der Waals surface area contributed by atoms with Gasteiger partial charge >= 0.3 is 6.18 Å². The molecule has 3 aromatic rings. The van der Waals surface area contributed by atoms with Crippen LogP contribution in [0.2, 0.25) is 0 Å². The number of fused-ring (bicyclic) bond motifs is 1. The van der Waals surface area contributed by atoms with Crippen molar-refractivity contribution in [1.82, 2.24) is 10.6 Å². The molecule has 2 N–H and O–H groups in total. The number of methoxy groups -OCH3 is 1. The Morgan fingerprint density at radius 3 is 2.65 bits per heavy atom. The Kier molecular flexibility index (Phi) is 7.15. The number of anilines is 1. The van der Waals surface area contributed by atoms with E-state index in [1.165, 1.54) is 23.9 Å². The third kappa shape index (κ3) is 5.46. The molecule has 1 amide bonds. The van der Waals surface area contributed by atoms with Gasteiger partial charge < -0.3 is 20.3 Å². The standard InChI is InChI=1S/C27H24F3N3O2S2/c1-35-23-6-3-16(12-24-25(34)32-26(36)37-24)11-21(23)18-5-4-17-13-19(27(28,29)30)15-22(20(17)14-18)33-9-2-7-31-8-10-33/h3-6,11-15,31H,2,7-10H2,1H3,(H,32,34,36). The molecule has 2 aliphatic heterocycles. The maximum absolute atomic E-state index is 13.8. The largest absolute Gasteiger partial charge is 0.496 e. The quantitative estimate of drug-likeness (QED) is 0.320. The van der Waals surface area contributed by atoms with Gasteiger partial charge in [0.2, 0.25) is 0 Å². The summed E-state index contributed by atoms with van der Waals surface area (Å²) < 4.78 is 47.3. The molecule has 0 atom stereocenters. The first-order chi connectivity index (χ1) is 17.7. The van der Waals surface area contributed by atoms with Crippen molar-refractivity contribution >= 4 is 56.7 Å². The molecule has 192 valence electrons. The molecule has 0 radical (unpaired) electrons. The van der Waals surface area contributed by atoms with E-state index in [1.807, 2.05) is 29.2 Å². The van der Waals surface area contributed by atoms with Crippen LogP contribution in [0.1, 0.15) is 17.5 Å². The minimum absolute atomic E-state index is 0.241. The van der Waals surface area contributed by atoms with Crippen molar-refractivity contribution < 1.29 is 22.7 Å². The fourth-order valence-corrected chi connectivity index (χ4v) is 5.68. The van der Waals surface area contributed by atoms with Crippen molar-refractivity contribution in [2.75, 3.05) is 38.2 Å². The van der Waals surface area contributed by atoms with Gasteiger partial charge in [-0.1, -0.05) is 42.2 Å². The number of thioether (sulfide) groups is 1. The van der Waals surface area contributed by atoms with Gasteiger partial charge in [0.1, 0.15) is 10.1 Å². The molecule has 0 spiro atoms. The number of hydrogen-bond donors (Lipinski definition) is 2. The number of thiocarbonyl (C=S) groups is 1. The maximum Gasteiger partial charge on any atom is 0.416 e. The predicted molar refractivity (Wildman–Crippen MR) is 147 cm³/mol. The van der Waals surface area contributed by atoms with Crippen molar-refractivity contribution in [3.63, 3.8) is 0 Å². The van der Waals surface area contributed by atoms with Crippen LogP contribution in [0.25, 0.3) is 28.0 Å². The molecule has 0 aliphatic carbocycles. The lowest BCUT2D eigenvalue weighted by molar-refractivity contribution is -0.137. The molecule has 0 saturated carbocycles. The highest BCUT2D eigenvalue weighted by Crippen LogP contribution is 2.40. The normalized spacial score (nSPS) is 17.8. The van der Waals surface area contributed by atoms with Gasteiger partial charge in [0, 0.05) is 36.3 Å². The minimum Gasteiger partial charge on any atom is -0.496 e. The Labute approximate surface area is 222 Å². The number of carbonyl (C=O) groups excluding carboxylic acids is 1. The zero-order chi connectivity index (χ0) is 26.2. The number of benzene rings is 3. The number of nitrogens with one attached hydrogen (secondary N) is 2. The van der Waals surface area contributed by atoms with Gasteiger partial charge in [-0.05, 0) is 65.9 Å². The molecule has 37 heavy (non-hydrogen) atoms. The van der Waals surface area contributed by atoms with Gasteiger partial charge in [0.15, 0.2) is 0 Å². The van der Waals surface area contributed by atoms with Crippen molar-refractivity contribution in [3.8, 4) is 16.9 Å². The summed E-state index contributed by atoms with van der Waals surface area (Å²) in [6.07, 6.45) is -1.84. The van der Waals surface area contributed by atoms with E-state index in [9.17, 15) is 18.0 Å². The average Bonchev–Trinajstić information content (AvgIpc) is 3.04. The Bertz CT molecular complexity index is 1410. The highest BCUT2D eigenvalue weighted by molar-refractivity contribution is 8.26. The summed E-state index contributed by atoms with van der Waals surface area (Å²) in [6.45, 7) is 2.83. The molecule has 2 heterocycles. The van der Waals surface area contributed by atoms with Crippen LogP contribution in [0, 0.1) is 0 Å². The van der Waals surface area contributed by atoms with Gasteiger partial charge in [0.05, 0.1) is 17.6 Å². The second kappa shape index (κ2) is 10.4. The van der Waals surface area contributed by atoms with Gasteiger partial charge in [-0.2, -0.15) is 13.2 Å². The van der Waals surface area contributed by atoms with Gasteiger partial charge in [-0.25, -0.2) is 0 Å². The highest BCUT2D eigenvalue weighted by Gasteiger charge is 2.32. The summed E-state index contributed by atoms with van der Waals surface area (Å²) >= 11 is 6.28. The third-order valence-corrected chi connectivity index (χ3v) is 7.58. The number of alkyl halides is 3. The van der Waals surface area contributed by atoms with Crippen LogP contribution in [0.15, 0.2) is 53.4 Å². The Morgan fingerprint density at radius 1 is 1.08 bits per heavy atom. The molecule has 2 saturated heterocycles. The number of rotatable bonds is 4. The molecule has 5 rings (SSSR count). The summed E-state index contributed by atoms with van der Waals surface area (Å²) in [7, 11) is 1.57. The van der Waals surface area contributed by atoms with Crippen LogP contribution in [-0.2, 0) is 11.0 Å². The van der Waals surface area contributed by atoms with E-state index in [0.29, 0.717) is 45.7 Å². The predicted octanol–water partition coefficient (Wildman–Crippen LogP) is 5.82. The second-order valence-corrected chi connectivity index (χ2v) is 10.6. The average molecular weight is 544 g/mol. The van der Waals surface area contributed by atoms with E-state index < -0.39 is 11.7 Å². The van der Waals surface area contributed by atoms with Crippen molar-refractivity contribution in [2.45, 2.75) is 12.6 Å². The lowest BCUT2D eigenvalue weighted by Gasteiger charge is -2.26. The monoisotopic (exact) mass is 543 g/mol. The topological polar surface area (TPSA) is 53.6 Å². The zero-order valence-corrected chi connectivity index (χ0v) is 21.6. The molecule has 2 fully saturated rings. The number of amides is 1. The molecule has 5 nitrogen and oxygen atoms in total. The molecule has 0 unspecified atom stereocenters. The van der Waals surface area contributed by atoms with E-state index in [1.54, 1.807) is 25.3 Å². The second-order valence-electron chi connectivity index (χ2n) is 8.83. The lowest BCUT2D eigenvalue weighted by Crippen LogP contribution is -2.28. The van der Waals surface area contributed by atoms with Gasteiger partial charge in [-0.3, -0.25) is 4.79 Å². The Balaban J connectivity index is 1.64. The number of carbonyl (C=O) groups is 1. The zero-order valence-electron chi connectivity index (χ0n) is 19.9. The van der Waals surface area contributed by atoms with Crippen LogP contribution >= 0.6 is 24.0 Å². The van der Waals surface area contributed by atoms with Crippen molar-refractivity contribution in [1.29, 1.82) is 0 Å². The fraction of sp³-hybridized carbons (Fsp3) is 0.259. The molecule has 0 bridgehead atoms. The summed E-state index contributed by atoms with van der Waals surface area (Å²) in [5.41, 5.74) is 2.27. The first-order valence-corrected chi connectivity index (χ1v) is 13.0. The first kappa shape index (κ1) is 25.6.